The molecule has 2 amide bonds. The minimum absolute atomic E-state index is 0.0922. The van der Waals surface area contributed by atoms with Crippen LogP contribution >= 0.6 is 0 Å². The summed E-state index contributed by atoms with van der Waals surface area (Å²) in [5.41, 5.74) is 0.619. The van der Waals surface area contributed by atoms with Gasteiger partial charge in [-0.25, -0.2) is 0 Å². The number of amides is 2. The third-order valence-electron chi connectivity index (χ3n) is 4.04. The molecule has 22 heavy (non-hydrogen) atoms. The fourth-order valence-corrected chi connectivity index (χ4v) is 2.61. The zero-order valence-corrected chi connectivity index (χ0v) is 13.7. The standard InChI is InChI=1S/C18H26N2O2/c1-18(2,3)17(22)20-15-12-8-7-11-14(15)16(21)19-13-9-5-4-6-10-13/h7-8,11-13H,4-6,9-10H2,1-3H3,(H,19,21)(H,20,22). The molecule has 4 heteroatoms. The Labute approximate surface area is 132 Å². The molecule has 0 radical (unpaired) electrons. The van der Waals surface area contributed by atoms with Gasteiger partial charge in [-0.1, -0.05) is 52.2 Å². The molecule has 0 heterocycles. The van der Waals surface area contributed by atoms with Crippen LogP contribution in [0.25, 0.3) is 0 Å². The highest BCUT2D eigenvalue weighted by Crippen LogP contribution is 2.22. The molecule has 2 N–H and O–H groups in total. The molecule has 0 aromatic heterocycles. The Kier molecular flexibility index (Phi) is 5.22. The van der Waals surface area contributed by atoms with Crippen molar-refractivity contribution in [3.05, 3.63) is 29.8 Å². The summed E-state index contributed by atoms with van der Waals surface area (Å²) in [6.07, 6.45) is 5.69. The van der Waals surface area contributed by atoms with Crippen molar-refractivity contribution in [1.29, 1.82) is 0 Å². The Bertz CT molecular complexity index is 540. The summed E-state index contributed by atoms with van der Waals surface area (Å²) in [5.74, 6) is -0.192. The van der Waals surface area contributed by atoms with Gasteiger partial charge in [0.25, 0.3) is 5.91 Å². The number of hydrogen-bond acceptors (Lipinski definition) is 2. The van der Waals surface area contributed by atoms with Crippen LogP contribution in [-0.2, 0) is 4.79 Å². The summed E-state index contributed by atoms with van der Waals surface area (Å²) < 4.78 is 0. The zero-order chi connectivity index (χ0) is 16.2. The van der Waals surface area contributed by atoms with E-state index in [1.54, 1.807) is 12.1 Å². The Morgan fingerprint density at radius 1 is 1.05 bits per heavy atom. The largest absolute Gasteiger partial charge is 0.349 e. The zero-order valence-electron chi connectivity index (χ0n) is 13.7. The lowest BCUT2D eigenvalue weighted by Gasteiger charge is -2.24. The van der Waals surface area contributed by atoms with Crippen molar-refractivity contribution in [3.63, 3.8) is 0 Å². The SMILES string of the molecule is CC(C)(C)C(=O)Nc1ccccc1C(=O)NC1CCCCC1. The first-order valence-corrected chi connectivity index (χ1v) is 8.09. The van der Waals surface area contributed by atoms with E-state index in [0.717, 1.165) is 12.8 Å². The maximum atomic E-state index is 12.5. The number of carbonyl (C=O) groups excluding carboxylic acids is 2. The van der Waals surface area contributed by atoms with E-state index in [4.69, 9.17) is 0 Å². The van der Waals surface area contributed by atoms with Gasteiger partial charge < -0.3 is 10.6 Å². The van der Waals surface area contributed by atoms with Gasteiger partial charge in [0, 0.05) is 11.5 Å². The number of rotatable bonds is 3. The summed E-state index contributed by atoms with van der Waals surface area (Å²) in [5, 5.41) is 5.97. The lowest BCUT2D eigenvalue weighted by atomic mass is 9.94. The highest BCUT2D eigenvalue weighted by molar-refractivity contribution is 6.04. The van der Waals surface area contributed by atoms with Crippen molar-refractivity contribution < 1.29 is 9.59 Å². The third kappa shape index (κ3) is 4.33. The van der Waals surface area contributed by atoms with Crippen LogP contribution in [0, 0.1) is 5.41 Å². The molecule has 1 aliphatic carbocycles. The van der Waals surface area contributed by atoms with Crippen LogP contribution in [0.3, 0.4) is 0 Å². The molecular weight excluding hydrogens is 276 g/mol. The highest BCUT2D eigenvalue weighted by Gasteiger charge is 2.24. The number of anilines is 1. The van der Waals surface area contributed by atoms with Crippen LogP contribution in [-0.4, -0.2) is 17.9 Å². The number of benzene rings is 1. The molecule has 0 unspecified atom stereocenters. The normalized spacial score (nSPS) is 16.1. The van der Waals surface area contributed by atoms with E-state index in [-0.39, 0.29) is 17.9 Å². The number of nitrogens with one attached hydrogen (secondary N) is 2. The van der Waals surface area contributed by atoms with E-state index in [0.29, 0.717) is 11.3 Å². The maximum Gasteiger partial charge on any atom is 0.253 e. The lowest BCUT2D eigenvalue weighted by molar-refractivity contribution is -0.123. The van der Waals surface area contributed by atoms with E-state index >= 15 is 0 Å². The van der Waals surface area contributed by atoms with Gasteiger partial charge in [-0.2, -0.15) is 0 Å². The average Bonchev–Trinajstić information content (AvgIpc) is 2.47. The molecule has 2 rings (SSSR count). The first kappa shape index (κ1) is 16.5. The van der Waals surface area contributed by atoms with Gasteiger partial charge in [-0.05, 0) is 25.0 Å². The highest BCUT2D eigenvalue weighted by atomic mass is 16.2. The van der Waals surface area contributed by atoms with E-state index in [2.05, 4.69) is 10.6 Å². The third-order valence-corrected chi connectivity index (χ3v) is 4.04. The minimum atomic E-state index is -0.493. The second-order valence-electron chi connectivity index (χ2n) is 7.06. The molecule has 0 spiro atoms. The predicted octanol–water partition coefficient (Wildman–Crippen LogP) is 3.73. The van der Waals surface area contributed by atoms with Crippen molar-refractivity contribution in [1.82, 2.24) is 5.32 Å². The van der Waals surface area contributed by atoms with E-state index in [1.165, 1.54) is 19.3 Å². The van der Waals surface area contributed by atoms with Crippen LogP contribution in [0.5, 0.6) is 0 Å². The molecule has 1 fully saturated rings. The topological polar surface area (TPSA) is 58.2 Å². The van der Waals surface area contributed by atoms with Gasteiger partial charge in [-0.3, -0.25) is 9.59 Å². The van der Waals surface area contributed by atoms with Crippen LogP contribution in [0.4, 0.5) is 5.69 Å². The molecule has 4 nitrogen and oxygen atoms in total. The fraction of sp³-hybridized carbons (Fsp3) is 0.556. The summed E-state index contributed by atoms with van der Waals surface area (Å²) in [4.78, 5) is 24.7. The summed E-state index contributed by atoms with van der Waals surface area (Å²) in [6.45, 7) is 5.56. The van der Waals surface area contributed by atoms with E-state index in [1.807, 2.05) is 32.9 Å². The van der Waals surface area contributed by atoms with Crippen LogP contribution in [0.1, 0.15) is 63.2 Å². The van der Waals surface area contributed by atoms with Gasteiger partial charge in [0.15, 0.2) is 0 Å². The van der Waals surface area contributed by atoms with Crippen molar-refractivity contribution in [2.45, 2.75) is 58.9 Å². The molecule has 0 atom stereocenters. The van der Waals surface area contributed by atoms with Gasteiger partial charge >= 0.3 is 0 Å². The molecule has 0 aliphatic heterocycles. The fourth-order valence-electron chi connectivity index (χ4n) is 2.61. The van der Waals surface area contributed by atoms with E-state index in [9.17, 15) is 9.59 Å². The Morgan fingerprint density at radius 2 is 1.68 bits per heavy atom. The van der Waals surface area contributed by atoms with Gasteiger partial charge in [0.1, 0.15) is 0 Å². The Morgan fingerprint density at radius 3 is 2.32 bits per heavy atom. The summed E-state index contributed by atoms with van der Waals surface area (Å²) in [7, 11) is 0. The first-order valence-electron chi connectivity index (χ1n) is 8.09. The Hall–Kier alpha value is -1.84. The summed E-state index contributed by atoms with van der Waals surface area (Å²) >= 11 is 0. The summed E-state index contributed by atoms with van der Waals surface area (Å²) in [6, 6.07) is 7.45. The van der Waals surface area contributed by atoms with Gasteiger partial charge in [0.2, 0.25) is 5.91 Å². The molecular formula is C18H26N2O2. The number of hydrogen-bond donors (Lipinski definition) is 2. The minimum Gasteiger partial charge on any atom is -0.349 e. The van der Waals surface area contributed by atoms with Crippen molar-refractivity contribution in [2.75, 3.05) is 5.32 Å². The molecule has 0 bridgehead atoms. The van der Waals surface area contributed by atoms with Crippen molar-refractivity contribution >= 4 is 17.5 Å². The smallest absolute Gasteiger partial charge is 0.253 e. The van der Waals surface area contributed by atoms with Crippen molar-refractivity contribution in [3.8, 4) is 0 Å². The van der Waals surface area contributed by atoms with Crippen molar-refractivity contribution in [2.24, 2.45) is 5.41 Å². The van der Waals surface area contributed by atoms with E-state index < -0.39 is 5.41 Å². The lowest BCUT2D eigenvalue weighted by Crippen LogP contribution is -2.37. The molecule has 1 aromatic carbocycles. The average molecular weight is 302 g/mol. The second kappa shape index (κ2) is 6.95. The number of para-hydroxylation sites is 1. The predicted molar refractivity (Wildman–Crippen MR) is 88.9 cm³/mol. The number of carbonyl (C=O) groups is 2. The molecule has 1 aliphatic rings. The molecule has 1 saturated carbocycles. The molecule has 1 aromatic rings. The van der Waals surface area contributed by atoms with Crippen LogP contribution in [0.2, 0.25) is 0 Å². The Balaban J connectivity index is 2.10. The van der Waals surface area contributed by atoms with Gasteiger partial charge in [-0.15, -0.1) is 0 Å². The first-order chi connectivity index (χ1) is 10.4. The molecule has 120 valence electrons. The van der Waals surface area contributed by atoms with Crippen LogP contribution < -0.4 is 10.6 Å². The maximum absolute atomic E-state index is 12.5. The second-order valence-corrected chi connectivity index (χ2v) is 7.06. The molecule has 0 saturated heterocycles. The monoisotopic (exact) mass is 302 g/mol. The van der Waals surface area contributed by atoms with Crippen LogP contribution in [0.15, 0.2) is 24.3 Å². The van der Waals surface area contributed by atoms with Gasteiger partial charge in [0.05, 0.1) is 11.3 Å². The quantitative estimate of drug-likeness (QED) is 0.893.